The standard InChI is InChI=1S/C25H34O2/c1-10-27-23-19(12-17(3)14-21(23)25(7,8)9)15-18-11-16(2)13-20(22(18)26)24(4,5)6/h10-14,26H,1,15H2,2-9H3. The van der Waals surface area contributed by atoms with Crippen LogP contribution in [0.1, 0.15) is 74.9 Å². The molecule has 2 aromatic rings. The number of phenols is 1. The molecule has 2 heteroatoms. The molecule has 146 valence electrons. The normalized spacial score (nSPS) is 12.1. The third-order valence-corrected chi connectivity index (χ3v) is 4.84. The number of ether oxygens (including phenoxy) is 1. The first kappa shape index (κ1) is 21.1. The second kappa shape index (κ2) is 7.42. The van der Waals surface area contributed by atoms with Gasteiger partial charge in [-0.25, -0.2) is 0 Å². The van der Waals surface area contributed by atoms with E-state index in [1.54, 1.807) is 0 Å². The Bertz CT molecular complexity index is 846. The Morgan fingerprint density at radius 2 is 1.33 bits per heavy atom. The summed E-state index contributed by atoms with van der Waals surface area (Å²) in [5.74, 6) is 1.23. The Morgan fingerprint density at radius 3 is 1.81 bits per heavy atom. The fraction of sp³-hybridized carbons (Fsp3) is 0.440. The van der Waals surface area contributed by atoms with Crippen molar-refractivity contribution >= 4 is 0 Å². The van der Waals surface area contributed by atoms with E-state index in [1.807, 2.05) is 0 Å². The van der Waals surface area contributed by atoms with Crippen molar-refractivity contribution in [2.45, 2.75) is 72.6 Å². The van der Waals surface area contributed by atoms with Crippen LogP contribution in [0.2, 0.25) is 0 Å². The Kier molecular flexibility index (Phi) is 5.79. The van der Waals surface area contributed by atoms with Gasteiger partial charge in [-0.2, -0.15) is 0 Å². The molecule has 0 aliphatic heterocycles. The van der Waals surface area contributed by atoms with E-state index >= 15 is 0 Å². The monoisotopic (exact) mass is 366 g/mol. The van der Waals surface area contributed by atoms with Crippen LogP contribution in [-0.4, -0.2) is 5.11 Å². The van der Waals surface area contributed by atoms with E-state index in [0.717, 1.165) is 33.6 Å². The van der Waals surface area contributed by atoms with E-state index in [4.69, 9.17) is 4.74 Å². The maximum absolute atomic E-state index is 11.0. The predicted molar refractivity (Wildman–Crippen MR) is 115 cm³/mol. The Hall–Kier alpha value is -2.22. The highest BCUT2D eigenvalue weighted by Crippen LogP contribution is 2.40. The molecule has 2 nitrogen and oxygen atoms in total. The number of aryl methyl sites for hydroxylation is 2. The van der Waals surface area contributed by atoms with E-state index in [-0.39, 0.29) is 10.8 Å². The molecule has 27 heavy (non-hydrogen) atoms. The van der Waals surface area contributed by atoms with Gasteiger partial charge in [0, 0.05) is 12.0 Å². The van der Waals surface area contributed by atoms with Crippen molar-refractivity contribution in [3.63, 3.8) is 0 Å². The number of benzene rings is 2. The maximum Gasteiger partial charge on any atom is 0.133 e. The smallest absolute Gasteiger partial charge is 0.133 e. The van der Waals surface area contributed by atoms with Crippen molar-refractivity contribution in [3.05, 3.63) is 70.5 Å². The summed E-state index contributed by atoms with van der Waals surface area (Å²) in [4.78, 5) is 0. The molecule has 0 fully saturated rings. The van der Waals surface area contributed by atoms with Crippen LogP contribution in [-0.2, 0) is 17.3 Å². The van der Waals surface area contributed by atoms with E-state index < -0.39 is 0 Å². The number of rotatable bonds is 4. The molecule has 0 amide bonds. The maximum atomic E-state index is 11.0. The van der Waals surface area contributed by atoms with E-state index in [0.29, 0.717) is 12.2 Å². The Balaban J connectivity index is 2.66. The molecule has 0 aliphatic carbocycles. The van der Waals surface area contributed by atoms with Gasteiger partial charge in [0.15, 0.2) is 0 Å². The molecule has 0 heterocycles. The van der Waals surface area contributed by atoms with E-state index in [1.165, 1.54) is 11.8 Å². The van der Waals surface area contributed by atoms with Crippen molar-refractivity contribution < 1.29 is 9.84 Å². The largest absolute Gasteiger partial charge is 0.507 e. The summed E-state index contributed by atoms with van der Waals surface area (Å²) in [6.45, 7) is 20.9. The molecule has 0 bridgehead atoms. The fourth-order valence-electron chi connectivity index (χ4n) is 3.52. The van der Waals surface area contributed by atoms with Gasteiger partial charge in [-0.1, -0.05) is 83.5 Å². The minimum Gasteiger partial charge on any atom is -0.507 e. The van der Waals surface area contributed by atoms with Crippen molar-refractivity contribution in [3.8, 4) is 11.5 Å². The summed E-state index contributed by atoms with van der Waals surface area (Å²) >= 11 is 0. The van der Waals surface area contributed by atoms with Gasteiger partial charge in [0.05, 0.1) is 6.26 Å². The third kappa shape index (κ3) is 4.74. The van der Waals surface area contributed by atoms with E-state index in [9.17, 15) is 5.11 Å². The van der Waals surface area contributed by atoms with Gasteiger partial charge >= 0.3 is 0 Å². The van der Waals surface area contributed by atoms with Crippen LogP contribution >= 0.6 is 0 Å². The quantitative estimate of drug-likeness (QED) is 0.609. The zero-order chi connectivity index (χ0) is 20.6. The predicted octanol–water partition coefficient (Wildman–Crippen LogP) is 6.72. The second-order valence-corrected chi connectivity index (χ2v) is 9.58. The molecule has 0 aromatic heterocycles. The van der Waals surface area contributed by atoms with Gasteiger partial charge in [-0.05, 0) is 41.4 Å². The van der Waals surface area contributed by atoms with Gasteiger partial charge < -0.3 is 9.84 Å². The highest BCUT2D eigenvalue weighted by Gasteiger charge is 2.24. The molecule has 0 aliphatic rings. The van der Waals surface area contributed by atoms with Crippen LogP contribution < -0.4 is 4.74 Å². The molecule has 0 saturated heterocycles. The number of aromatic hydroxyl groups is 1. The average molecular weight is 367 g/mol. The van der Waals surface area contributed by atoms with Crippen molar-refractivity contribution in [1.82, 2.24) is 0 Å². The Morgan fingerprint density at radius 1 is 0.852 bits per heavy atom. The van der Waals surface area contributed by atoms with Crippen LogP contribution in [0, 0.1) is 13.8 Å². The number of hydrogen-bond donors (Lipinski definition) is 1. The minimum atomic E-state index is -0.117. The average Bonchev–Trinajstić information content (AvgIpc) is 2.50. The molecule has 0 spiro atoms. The topological polar surface area (TPSA) is 29.5 Å². The zero-order valence-corrected chi connectivity index (χ0v) is 18.2. The van der Waals surface area contributed by atoms with Crippen LogP contribution in [0.25, 0.3) is 0 Å². The van der Waals surface area contributed by atoms with Crippen LogP contribution in [0.3, 0.4) is 0 Å². The van der Waals surface area contributed by atoms with Gasteiger partial charge in [-0.3, -0.25) is 0 Å². The van der Waals surface area contributed by atoms with Gasteiger partial charge in [0.1, 0.15) is 11.5 Å². The summed E-state index contributed by atoms with van der Waals surface area (Å²) in [5, 5.41) is 11.0. The summed E-state index contributed by atoms with van der Waals surface area (Å²) in [6, 6.07) is 8.48. The summed E-state index contributed by atoms with van der Waals surface area (Å²) < 4.78 is 5.87. The van der Waals surface area contributed by atoms with Crippen LogP contribution in [0.5, 0.6) is 11.5 Å². The summed E-state index contributed by atoms with van der Waals surface area (Å²) in [6.07, 6.45) is 2.10. The van der Waals surface area contributed by atoms with Crippen molar-refractivity contribution in [2.24, 2.45) is 0 Å². The lowest BCUT2D eigenvalue weighted by Gasteiger charge is -2.26. The molecule has 2 aromatic carbocycles. The van der Waals surface area contributed by atoms with Crippen molar-refractivity contribution in [2.75, 3.05) is 0 Å². The Labute approximate surface area is 164 Å². The molecule has 0 unspecified atom stereocenters. The van der Waals surface area contributed by atoms with Crippen LogP contribution in [0.15, 0.2) is 37.1 Å². The van der Waals surface area contributed by atoms with Crippen molar-refractivity contribution in [1.29, 1.82) is 0 Å². The molecule has 0 radical (unpaired) electrons. The highest BCUT2D eigenvalue weighted by molar-refractivity contribution is 5.53. The van der Waals surface area contributed by atoms with Crippen LogP contribution in [0.4, 0.5) is 0 Å². The first-order valence-corrected chi connectivity index (χ1v) is 9.59. The molecule has 1 N–H and O–H groups in total. The summed E-state index contributed by atoms with van der Waals surface area (Å²) in [7, 11) is 0. The SMILES string of the molecule is C=COc1c(Cc2cc(C)cc(C(C)(C)C)c2O)cc(C)cc1C(C)(C)C. The summed E-state index contributed by atoms with van der Waals surface area (Å²) in [5.41, 5.74) is 6.31. The third-order valence-electron chi connectivity index (χ3n) is 4.84. The molecular formula is C25H34O2. The molecule has 2 rings (SSSR count). The molecular weight excluding hydrogens is 332 g/mol. The number of phenolic OH excluding ortho intramolecular Hbond substituents is 1. The second-order valence-electron chi connectivity index (χ2n) is 9.58. The lowest BCUT2D eigenvalue weighted by molar-refractivity contribution is 0.438. The highest BCUT2D eigenvalue weighted by atomic mass is 16.5. The lowest BCUT2D eigenvalue weighted by Crippen LogP contribution is -2.15. The first-order valence-electron chi connectivity index (χ1n) is 9.59. The fourth-order valence-corrected chi connectivity index (χ4v) is 3.52. The van der Waals surface area contributed by atoms with Gasteiger partial charge in [0.25, 0.3) is 0 Å². The number of hydrogen-bond acceptors (Lipinski definition) is 2. The first-order chi connectivity index (χ1) is 12.3. The zero-order valence-electron chi connectivity index (χ0n) is 18.2. The van der Waals surface area contributed by atoms with E-state index in [2.05, 4.69) is 86.2 Å². The van der Waals surface area contributed by atoms with Gasteiger partial charge in [0.2, 0.25) is 0 Å². The lowest BCUT2D eigenvalue weighted by atomic mass is 9.81. The minimum absolute atomic E-state index is 0.0513. The molecule has 0 saturated carbocycles. The molecule has 0 atom stereocenters. The van der Waals surface area contributed by atoms with Gasteiger partial charge in [-0.15, -0.1) is 0 Å².